The van der Waals surface area contributed by atoms with Gasteiger partial charge in [-0.25, -0.2) is 0 Å². The van der Waals surface area contributed by atoms with E-state index in [2.05, 4.69) is 5.32 Å². The Bertz CT molecular complexity index is 743. The van der Waals surface area contributed by atoms with Crippen molar-refractivity contribution in [1.82, 2.24) is 4.90 Å². The van der Waals surface area contributed by atoms with Crippen LogP contribution >= 0.6 is 23.2 Å². The van der Waals surface area contributed by atoms with Gasteiger partial charge in [0, 0.05) is 31.8 Å². The minimum Gasteiger partial charge on any atom is -0.345 e. The minimum absolute atomic E-state index is 0.0427. The summed E-state index contributed by atoms with van der Waals surface area (Å²) in [4.78, 5) is 25.3. The molecular weight excluding hydrogens is 347 g/mol. The molecule has 4 nitrogen and oxygen atoms in total. The van der Waals surface area contributed by atoms with Crippen LogP contribution in [0.25, 0.3) is 0 Å². The molecule has 24 heavy (non-hydrogen) atoms. The molecule has 0 unspecified atom stereocenters. The van der Waals surface area contributed by atoms with E-state index in [-0.39, 0.29) is 11.8 Å². The van der Waals surface area contributed by atoms with Crippen molar-refractivity contribution in [3.63, 3.8) is 0 Å². The Morgan fingerprint density at radius 1 is 1.00 bits per heavy atom. The van der Waals surface area contributed by atoms with Crippen LogP contribution in [0, 0.1) is 0 Å². The van der Waals surface area contributed by atoms with Crippen LogP contribution in [0.4, 0.5) is 5.69 Å². The maximum absolute atomic E-state index is 12.0. The summed E-state index contributed by atoms with van der Waals surface area (Å²) >= 11 is 11.8. The number of carbonyl (C=O) groups excluding carboxylic acids is 2. The summed E-state index contributed by atoms with van der Waals surface area (Å²) < 4.78 is 0. The fourth-order valence-corrected chi connectivity index (χ4v) is 2.43. The number of halogens is 2. The highest BCUT2D eigenvalue weighted by Crippen LogP contribution is 2.25. The van der Waals surface area contributed by atoms with Crippen LogP contribution in [0.5, 0.6) is 0 Å². The van der Waals surface area contributed by atoms with Gasteiger partial charge < -0.3 is 10.2 Å². The van der Waals surface area contributed by atoms with E-state index < -0.39 is 0 Å². The van der Waals surface area contributed by atoms with E-state index in [4.69, 9.17) is 23.2 Å². The molecule has 0 bridgehead atoms. The molecule has 0 fully saturated rings. The van der Waals surface area contributed by atoms with E-state index in [0.717, 1.165) is 5.56 Å². The fraction of sp³-hybridized carbons (Fsp3) is 0.222. The van der Waals surface area contributed by atoms with Crippen molar-refractivity contribution in [2.75, 3.05) is 19.4 Å². The number of carbonyl (C=O) groups is 2. The third-order valence-electron chi connectivity index (χ3n) is 3.45. The SMILES string of the molecule is CN(C)C(=O)c1ccc(CCC(=O)Nc2ccc(Cl)c(Cl)c2)cc1. The highest BCUT2D eigenvalue weighted by atomic mass is 35.5. The largest absolute Gasteiger partial charge is 0.345 e. The Labute approximate surface area is 151 Å². The predicted octanol–water partition coefficient (Wildman–Crippen LogP) is 4.27. The highest BCUT2D eigenvalue weighted by Gasteiger charge is 2.08. The summed E-state index contributed by atoms with van der Waals surface area (Å²) in [6.45, 7) is 0. The number of anilines is 1. The lowest BCUT2D eigenvalue weighted by Gasteiger charge is -2.10. The van der Waals surface area contributed by atoms with E-state index in [1.165, 1.54) is 4.90 Å². The van der Waals surface area contributed by atoms with Gasteiger partial charge in [-0.1, -0.05) is 35.3 Å². The third-order valence-corrected chi connectivity index (χ3v) is 4.19. The van der Waals surface area contributed by atoms with E-state index in [9.17, 15) is 9.59 Å². The number of hydrogen-bond acceptors (Lipinski definition) is 2. The Balaban J connectivity index is 1.89. The molecule has 2 amide bonds. The van der Waals surface area contributed by atoms with Crippen LogP contribution in [0.2, 0.25) is 10.0 Å². The van der Waals surface area contributed by atoms with Crippen molar-refractivity contribution in [3.8, 4) is 0 Å². The van der Waals surface area contributed by atoms with Gasteiger partial charge in [-0.3, -0.25) is 9.59 Å². The molecule has 6 heteroatoms. The van der Waals surface area contributed by atoms with Crippen molar-refractivity contribution < 1.29 is 9.59 Å². The lowest BCUT2D eigenvalue weighted by molar-refractivity contribution is -0.116. The van der Waals surface area contributed by atoms with Crippen LogP contribution in [0.15, 0.2) is 42.5 Å². The molecule has 0 saturated heterocycles. The van der Waals surface area contributed by atoms with Crippen LogP contribution in [-0.4, -0.2) is 30.8 Å². The molecule has 126 valence electrons. The number of hydrogen-bond donors (Lipinski definition) is 1. The van der Waals surface area contributed by atoms with E-state index in [1.54, 1.807) is 44.4 Å². The molecule has 0 radical (unpaired) electrons. The van der Waals surface area contributed by atoms with Crippen molar-refractivity contribution in [2.45, 2.75) is 12.8 Å². The van der Waals surface area contributed by atoms with E-state index in [1.807, 2.05) is 12.1 Å². The monoisotopic (exact) mass is 364 g/mol. The van der Waals surface area contributed by atoms with Crippen LogP contribution < -0.4 is 5.32 Å². The number of nitrogens with zero attached hydrogens (tertiary/aromatic N) is 1. The summed E-state index contributed by atoms with van der Waals surface area (Å²) in [6, 6.07) is 12.2. The second kappa shape index (κ2) is 8.18. The zero-order valence-electron chi connectivity index (χ0n) is 13.5. The van der Waals surface area contributed by atoms with Crippen molar-refractivity contribution in [3.05, 3.63) is 63.6 Å². The van der Waals surface area contributed by atoms with Gasteiger partial charge in [0.1, 0.15) is 0 Å². The van der Waals surface area contributed by atoms with Crippen LogP contribution in [0.1, 0.15) is 22.3 Å². The summed E-state index contributed by atoms with van der Waals surface area (Å²) in [7, 11) is 3.42. The molecule has 0 heterocycles. The summed E-state index contributed by atoms with van der Waals surface area (Å²) in [6.07, 6.45) is 0.921. The van der Waals surface area contributed by atoms with Crippen molar-refractivity contribution in [1.29, 1.82) is 0 Å². The maximum Gasteiger partial charge on any atom is 0.253 e. The molecule has 0 saturated carbocycles. The third kappa shape index (κ3) is 4.98. The van der Waals surface area contributed by atoms with E-state index in [0.29, 0.717) is 34.1 Å². The maximum atomic E-state index is 12.0. The summed E-state index contributed by atoms with van der Waals surface area (Å²) in [5.41, 5.74) is 2.24. The minimum atomic E-state index is -0.109. The molecule has 2 rings (SSSR count). The van der Waals surface area contributed by atoms with Gasteiger partial charge in [-0.15, -0.1) is 0 Å². The second-order valence-corrected chi connectivity index (χ2v) is 6.39. The molecule has 0 spiro atoms. The molecule has 2 aromatic rings. The Morgan fingerprint density at radius 3 is 2.25 bits per heavy atom. The standard InChI is InChI=1S/C18H18Cl2N2O2/c1-22(2)18(24)13-6-3-12(4-7-13)5-10-17(23)21-14-8-9-15(19)16(20)11-14/h3-4,6-9,11H,5,10H2,1-2H3,(H,21,23). The average molecular weight is 365 g/mol. The first-order chi connectivity index (χ1) is 11.4. The molecule has 2 aromatic carbocycles. The van der Waals surface area contributed by atoms with Gasteiger partial charge in [0.15, 0.2) is 0 Å². The van der Waals surface area contributed by atoms with E-state index >= 15 is 0 Å². The van der Waals surface area contributed by atoms with Crippen molar-refractivity contribution >= 4 is 40.7 Å². The molecule has 0 atom stereocenters. The number of aryl methyl sites for hydroxylation is 1. The average Bonchev–Trinajstić information content (AvgIpc) is 2.56. The normalized spacial score (nSPS) is 10.3. The lowest BCUT2D eigenvalue weighted by atomic mass is 10.1. The first kappa shape index (κ1) is 18.3. The molecule has 0 aromatic heterocycles. The fourth-order valence-electron chi connectivity index (χ4n) is 2.13. The van der Waals surface area contributed by atoms with Gasteiger partial charge in [0.25, 0.3) is 5.91 Å². The summed E-state index contributed by atoms with van der Waals surface area (Å²) in [5.74, 6) is -0.152. The molecule has 0 aliphatic heterocycles. The van der Waals surface area contributed by atoms with Crippen molar-refractivity contribution in [2.24, 2.45) is 0 Å². The first-order valence-corrected chi connectivity index (χ1v) is 8.18. The number of nitrogens with one attached hydrogen (secondary N) is 1. The Morgan fingerprint density at radius 2 is 1.67 bits per heavy atom. The lowest BCUT2D eigenvalue weighted by Crippen LogP contribution is -2.21. The van der Waals surface area contributed by atoms with Gasteiger partial charge in [0.05, 0.1) is 10.0 Å². The molecule has 0 aliphatic rings. The van der Waals surface area contributed by atoms with Crippen LogP contribution in [0.3, 0.4) is 0 Å². The topological polar surface area (TPSA) is 49.4 Å². The smallest absolute Gasteiger partial charge is 0.253 e. The second-order valence-electron chi connectivity index (χ2n) is 5.57. The Hall–Kier alpha value is -2.04. The number of amides is 2. The predicted molar refractivity (Wildman–Crippen MR) is 97.9 cm³/mol. The Kier molecular flexibility index (Phi) is 6.23. The van der Waals surface area contributed by atoms with Gasteiger partial charge in [-0.05, 0) is 42.3 Å². The zero-order valence-corrected chi connectivity index (χ0v) is 15.0. The van der Waals surface area contributed by atoms with Crippen LogP contribution in [-0.2, 0) is 11.2 Å². The van der Waals surface area contributed by atoms with Gasteiger partial charge in [0.2, 0.25) is 5.91 Å². The van der Waals surface area contributed by atoms with Gasteiger partial charge >= 0.3 is 0 Å². The number of rotatable bonds is 5. The number of benzene rings is 2. The van der Waals surface area contributed by atoms with Gasteiger partial charge in [-0.2, -0.15) is 0 Å². The summed E-state index contributed by atoms with van der Waals surface area (Å²) in [5, 5.41) is 3.63. The zero-order chi connectivity index (χ0) is 17.7. The first-order valence-electron chi connectivity index (χ1n) is 7.42. The molecule has 0 aliphatic carbocycles. The highest BCUT2D eigenvalue weighted by molar-refractivity contribution is 6.42. The quantitative estimate of drug-likeness (QED) is 0.861. The molecular formula is C18H18Cl2N2O2. The molecule has 1 N–H and O–H groups in total.